The number of methoxy groups -OCH3 is 1. The molecule has 2 aromatic rings. The fourth-order valence-electron chi connectivity index (χ4n) is 2.68. The number of anilines is 2. The van der Waals surface area contributed by atoms with Gasteiger partial charge in [0, 0.05) is 29.9 Å². The second-order valence-corrected chi connectivity index (χ2v) is 5.00. The lowest BCUT2D eigenvalue weighted by molar-refractivity contribution is 0.397. The minimum atomic E-state index is 0.109. The standard InChI is InChI=1S/C15H17N3O2/c1-9-8-13(19)11-6-7-18(15(11)16-9)12-4-5-14(20-3)17-10(12)2/h4-5,8H,6-7H2,1-3H3,(H,16,19). The van der Waals surface area contributed by atoms with Gasteiger partial charge in [0.25, 0.3) is 0 Å². The third-order valence-electron chi connectivity index (χ3n) is 3.63. The van der Waals surface area contributed by atoms with Crippen molar-refractivity contribution in [1.29, 1.82) is 0 Å². The molecule has 5 heteroatoms. The molecule has 0 radical (unpaired) electrons. The van der Waals surface area contributed by atoms with Gasteiger partial charge in [-0.3, -0.25) is 4.79 Å². The van der Waals surface area contributed by atoms with Gasteiger partial charge >= 0.3 is 0 Å². The summed E-state index contributed by atoms with van der Waals surface area (Å²) in [6, 6.07) is 5.48. The summed E-state index contributed by atoms with van der Waals surface area (Å²) in [6.45, 7) is 4.64. The summed E-state index contributed by atoms with van der Waals surface area (Å²) in [7, 11) is 1.60. The highest BCUT2D eigenvalue weighted by Gasteiger charge is 2.25. The predicted molar refractivity (Wildman–Crippen MR) is 78.0 cm³/mol. The van der Waals surface area contributed by atoms with E-state index in [9.17, 15) is 4.79 Å². The summed E-state index contributed by atoms with van der Waals surface area (Å²) in [5.74, 6) is 1.49. The third-order valence-corrected chi connectivity index (χ3v) is 3.63. The molecular weight excluding hydrogens is 254 g/mol. The Balaban J connectivity index is 2.09. The second kappa shape index (κ2) is 4.67. The number of nitrogens with one attached hydrogen (secondary N) is 1. The van der Waals surface area contributed by atoms with Gasteiger partial charge in [0.15, 0.2) is 5.43 Å². The Morgan fingerprint density at radius 1 is 1.35 bits per heavy atom. The van der Waals surface area contributed by atoms with Crippen molar-refractivity contribution in [2.24, 2.45) is 0 Å². The second-order valence-electron chi connectivity index (χ2n) is 5.00. The van der Waals surface area contributed by atoms with Gasteiger partial charge in [-0.05, 0) is 26.3 Å². The van der Waals surface area contributed by atoms with Crippen LogP contribution in [0.2, 0.25) is 0 Å². The van der Waals surface area contributed by atoms with Crippen LogP contribution in [0.15, 0.2) is 23.0 Å². The average Bonchev–Trinajstić information content (AvgIpc) is 2.82. The maximum Gasteiger partial charge on any atom is 0.213 e. The van der Waals surface area contributed by atoms with Crippen LogP contribution in [0.25, 0.3) is 0 Å². The number of hydrogen-bond acceptors (Lipinski definition) is 4. The lowest BCUT2D eigenvalue weighted by atomic mass is 10.2. The van der Waals surface area contributed by atoms with E-state index in [-0.39, 0.29) is 5.43 Å². The Labute approximate surface area is 117 Å². The first kappa shape index (κ1) is 12.7. The van der Waals surface area contributed by atoms with E-state index in [0.717, 1.165) is 41.4 Å². The maximum absolute atomic E-state index is 12.0. The third kappa shape index (κ3) is 1.95. The van der Waals surface area contributed by atoms with Crippen molar-refractivity contribution in [3.63, 3.8) is 0 Å². The van der Waals surface area contributed by atoms with Crippen LogP contribution >= 0.6 is 0 Å². The zero-order valence-corrected chi connectivity index (χ0v) is 11.9. The van der Waals surface area contributed by atoms with Crippen LogP contribution < -0.4 is 15.1 Å². The minimum Gasteiger partial charge on any atom is -0.481 e. The quantitative estimate of drug-likeness (QED) is 0.908. The first-order valence-corrected chi connectivity index (χ1v) is 6.62. The number of ether oxygens (including phenoxy) is 1. The average molecular weight is 271 g/mol. The number of hydrogen-bond donors (Lipinski definition) is 1. The van der Waals surface area contributed by atoms with E-state index in [1.165, 1.54) is 0 Å². The monoisotopic (exact) mass is 271 g/mol. The first-order valence-electron chi connectivity index (χ1n) is 6.62. The number of aromatic nitrogens is 2. The van der Waals surface area contributed by atoms with Crippen molar-refractivity contribution in [3.8, 4) is 5.88 Å². The Morgan fingerprint density at radius 3 is 2.85 bits per heavy atom. The summed E-state index contributed by atoms with van der Waals surface area (Å²) in [6.07, 6.45) is 0.760. The van der Waals surface area contributed by atoms with Crippen LogP contribution in [0.5, 0.6) is 5.88 Å². The maximum atomic E-state index is 12.0. The number of rotatable bonds is 2. The largest absolute Gasteiger partial charge is 0.481 e. The van der Waals surface area contributed by atoms with Crippen molar-refractivity contribution in [3.05, 3.63) is 45.4 Å². The van der Waals surface area contributed by atoms with Crippen molar-refractivity contribution in [2.45, 2.75) is 20.3 Å². The number of fused-ring (bicyclic) bond motifs is 1. The Kier molecular flexibility index (Phi) is 2.97. The summed E-state index contributed by atoms with van der Waals surface area (Å²) >= 11 is 0. The fraction of sp³-hybridized carbons (Fsp3) is 0.333. The predicted octanol–water partition coefficient (Wildman–Crippen LogP) is 2.09. The molecule has 0 aliphatic carbocycles. The highest BCUT2D eigenvalue weighted by molar-refractivity contribution is 5.68. The lowest BCUT2D eigenvalue weighted by Gasteiger charge is -2.21. The SMILES string of the molecule is COc1ccc(N2CCc3c2[nH]c(C)cc3=O)c(C)n1. The van der Waals surface area contributed by atoms with Crippen LogP contribution in [-0.4, -0.2) is 23.6 Å². The molecule has 104 valence electrons. The van der Waals surface area contributed by atoms with Gasteiger partial charge in [-0.2, -0.15) is 0 Å². The van der Waals surface area contributed by atoms with Crippen molar-refractivity contribution in [1.82, 2.24) is 9.97 Å². The van der Waals surface area contributed by atoms with E-state index in [2.05, 4.69) is 14.9 Å². The summed E-state index contributed by atoms with van der Waals surface area (Å²) in [5.41, 5.74) is 3.73. The molecule has 1 N–H and O–H groups in total. The van der Waals surface area contributed by atoms with Gasteiger partial charge < -0.3 is 14.6 Å². The molecular formula is C15H17N3O2. The molecule has 0 saturated carbocycles. The van der Waals surface area contributed by atoms with Crippen molar-refractivity contribution in [2.75, 3.05) is 18.6 Å². The Morgan fingerprint density at radius 2 is 2.15 bits per heavy atom. The summed E-state index contributed by atoms with van der Waals surface area (Å²) in [4.78, 5) is 21.8. The molecule has 0 saturated heterocycles. The molecule has 1 aliphatic heterocycles. The van der Waals surface area contributed by atoms with Crippen LogP contribution in [0.1, 0.15) is 17.0 Å². The molecule has 5 nitrogen and oxygen atoms in total. The zero-order chi connectivity index (χ0) is 14.3. The van der Waals surface area contributed by atoms with Gasteiger partial charge in [-0.1, -0.05) is 0 Å². The number of aromatic amines is 1. The van der Waals surface area contributed by atoms with Gasteiger partial charge in [0.2, 0.25) is 5.88 Å². The molecule has 0 atom stereocenters. The molecule has 0 aromatic carbocycles. The van der Waals surface area contributed by atoms with E-state index in [1.807, 2.05) is 26.0 Å². The Hall–Kier alpha value is -2.30. The topological polar surface area (TPSA) is 58.2 Å². The van der Waals surface area contributed by atoms with E-state index < -0.39 is 0 Å². The van der Waals surface area contributed by atoms with Crippen molar-refractivity contribution < 1.29 is 4.74 Å². The number of H-pyrrole nitrogens is 1. The van der Waals surface area contributed by atoms with Crippen LogP contribution in [0.4, 0.5) is 11.5 Å². The fourth-order valence-corrected chi connectivity index (χ4v) is 2.68. The molecule has 3 heterocycles. The summed E-state index contributed by atoms with van der Waals surface area (Å²) < 4.78 is 5.13. The van der Waals surface area contributed by atoms with E-state index in [0.29, 0.717) is 5.88 Å². The lowest BCUT2D eigenvalue weighted by Crippen LogP contribution is -2.17. The highest BCUT2D eigenvalue weighted by Crippen LogP contribution is 2.33. The number of aryl methyl sites for hydroxylation is 2. The van der Waals surface area contributed by atoms with E-state index in [1.54, 1.807) is 13.2 Å². The number of pyridine rings is 2. The molecule has 0 bridgehead atoms. The summed E-state index contributed by atoms with van der Waals surface area (Å²) in [5, 5.41) is 0. The Bertz CT molecular complexity index is 722. The van der Waals surface area contributed by atoms with Gasteiger partial charge in [-0.15, -0.1) is 0 Å². The van der Waals surface area contributed by atoms with E-state index >= 15 is 0 Å². The molecule has 2 aromatic heterocycles. The highest BCUT2D eigenvalue weighted by atomic mass is 16.5. The molecule has 3 rings (SSSR count). The van der Waals surface area contributed by atoms with Crippen molar-refractivity contribution >= 4 is 11.5 Å². The van der Waals surface area contributed by atoms with Crippen LogP contribution in [-0.2, 0) is 6.42 Å². The minimum absolute atomic E-state index is 0.109. The number of nitrogens with zero attached hydrogens (tertiary/aromatic N) is 2. The molecule has 1 aliphatic rings. The van der Waals surface area contributed by atoms with Crippen LogP contribution in [0.3, 0.4) is 0 Å². The zero-order valence-electron chi connectivity index (χ0n) is 11.9. The first-order chi connectivity index (χ1) is 9.60. The van der Waals surface area contributed by atoms with Crippen LogP contribution in [0, 0.1) is 13.8 Å². The normalized spacial score (nSPS) is 13.4. The smallest absolute Gasteiger partial charge is 0.213 e. The molecule has 0 fully saturated rings. The van der Waals surface area contributed by atoms with Gasteiger partial charge in [0.05, 0.1) is 18.5 Å². The molecule has 20 heavy (non-hydrogen) atoms. The van der Waals surface area contributed by atoms with E-state index in [4.69, 9.17) is 4.74 Å². The van der Waals surface area contributed by atoms with Gasteiger partial charge in [0.1, 0.15) is 5.82 Å². The molecule has 0 spiro atoms. The molecule has 0 unspecified atom stereocenters. The van der Waals surface area contributed by atoms with Gasteiger partial charge in [-0.25, -0.2) is 4.98 Å². The molecule has 0 amide bonds.